The van der Waals surface area contributed by atoms with E-state index in [1.54, 1.807) is 13.3 Å². The van der Waals surface area contributed by atoms with Crippen molar-refractivity contribution in [2.75, 3.05) is 13.7 Å². The van der Waals surface area contributed by atoms with E-state index in [0.29, 0.717) is 12.4 Å². The van der Waals surface area contributed by atoms with Gasteiger partial charge in [-0.2, -0.15) is 0 Å². The molecule has 31 heavy (non-hydrogen) atoms. The molecule has 1 aliphatic carbocycles. The van der Waals surface area contributed by atoms with Crippen molar-refractivity contribution in [1.29, 1.82) is 0 Å². The summed E-state index contributed by atoms with van der Waals surface area (Å²) in [6.07, 6.45) is 8.49. The van der Waals surface area contributed by atoms with Crippen LogP contribution in [-0.4, -0.2) is 29.7 Å². The predicted octanol–water partition coefficient (Wildman–Crippen LogP) is 5.30. The number of rotatable bonds is 7. The van der Waals surface area contributed by atoms with E-state index in [4.69, 9.17) is 14.5 Å². The molecule has 3 aromatic rings. The normalized spacial score (nSPS) is 17.5. The first-order valence-electron chi connectivity index (χ1n) is 10.5. The van der Waals surface area contributed by atoms with E-state index < -0.39 is 0 Å². The van der Waals surface area contributed by atoms with Gasteiger partial charge in [-0.3, -0.25) is 9.78 Å². The molecule has 1 saturated carbocycles. The first-order valence-corrected chi connectivity index (χ1v) is 10.5. The maximum atomic E-state index is 12.1. The topological polar surface area (TPSA) is 61.3 Å². The van der Waals surface area contributed by atoms with Crippen molar-refractivity contribution in [3.8, 4) is 17.0 Å². The molecule has 0 unspecified atom stereocenters. The average Bonchev–Trinajstić information content (AvgIpc) is 3.60. The van der Waals surface area contributed by atoms with Gasteiger partial charge < -0.3 is 9.47 Å². The Kier molecular flexibility index (Phi) is 6.12. The minimum atomic E-state index is -0.160. The minimum Gasteiger partial charge on any atom is -0.495 e. The third-order valence-corrected chi connectivity index (χ3v) is 5.44. The van der Waals surface area contributed by atoms with Gasteiger partial charge in [-0.1, -0.05) is 42.0 Å². The zero-order chi connectivity index (χ0) is 21.8. The monoisotopic (exact) mass is 414 g/mol. The van der Waals surface area contributed by atoms with E-state index in [1.807, 2.05) is 31.3 Å². The highest BCUT2D eigenvalue weighted by Gasteiger charge is 2.47. The molecule has 0 N–H and O–H groups in total. The van der Waals surface area contributed by atoms with Crippen molar-refractivity contribution in [1.82, 2.24) is 9.97 Å². The van der Waals surface area contributed by atoms with Gasteiger partial charge in [0.25, 0.3) is 0 Å². The van der Waals surface area contributed by atoms with Crippen LogP contribution in [0.25, 0.3) is 23.4 Å². The molecule has 1 fully saturated rings. The molecule has 158 valence electrons. The highest BCUT2D eigenvalue weighted by atomic mass is 16.5. The van der Waals surface area contributed by atoms with Crippen LogP contribution >= 0.6 is 0 Å². The maximum absolute atomic E-state index is 12.1. The highest BCUT2D eigenvalue weighted by Crippen LogP contribution is 2.50. The Balaban J connectivity index is 1.58. The van der Waals surface area contributed by atoms with Crippen LogP contribution in [0.2, 0.25) is 0 Å². The summed E-state index contributed by atoms with van der Waals surface area (Å²) in [7, 11) is 1.62. The standard InChI is InChI=1S/C26H26N2O3/c1-4-31-26(29)22-14-21(22)25-24(30-3)12-11-23(28-25)20-13-19(15-27-16-20)10-9-18-7-5-17(2)6-8-18/h5-13,15-16,21-22H,4,14H2,1-3H3/b10-9+/t21-,22-/m0/s1. The quantitative estimate of drug-likeness (QED) is 0.491. The Morgan fingerprint density at radius 1 is 1.10 bits per heavy atom. The van der Waals surface area contributed by atoms with Crippen LogP contribution < -0.4 is 4.74 Å². The van der Waals surface area contributed by atoms with Crippen molar-refractivity contribution >= 4 is 18.1 Å². The number of pyridine rings is 2. The molecule has 0 aliphatic heterocycles. The molecule has 0 spiro atoms. The van der Waals surface area contributed by atoms with Crippen molar-refractivity contribution in [3.63, 3.8) is 0 Å². The number of aryl methyl sites for hydroxylation is 1. The molecular weight excluding hydrogens is 388 g/mol. The van der Waals surface area contributed by atoms with Crippen molar-refractivity contribution < 1.29 is 14.3 Å². The number of benzene rings is 1. The number of ether oxygens (including phenoxy) is 2. The number of carbonyl (C=O) groups excluding carboxylic acids is 1. The smallest absolute Gasteiger partial charge is 0.309 e. The molecule has 0 radical (unpaired) electrons. The second kappa shape index (κ2) is 9.13. The number of carbonyl (C=O) groups is 1. The lowest BCUT2D eigenvalue weighted by atomic mass is 10.1. The van der Waals surface area contributed by atoms with Crippen LogP contribution in [-0.2, 0) is 9.53 Å². The van der Waals surface area contributed by atoms with Gasteiger partial charge in [-0.15, -0.1) is 0 Å². The number of esters is 1. The maximum Gasteiger partial charge on any atom is 0.309 e. The summed E-state index contributed by atoms with van der Waals surface area (Å²) in [6, 6.07) is 14.3. The van der Waals surface area contributed by atoms with Crippen LogP contribution in [0.15, 0.2) is 54.9 Å². The molecule has 0 saturated heterocycles. The molecule has 5 nitrogen and oxygen atoms in total. The summed E-state index contributed by atoms with van der Waals surface area (Å²) >= 11 is 0. The Hall–Kier alpha value is -3.47. The number of hydrogen-bond acceptors (Lipinski definition) is 5. The Morgan fingerprint density at radius 3 is 2.61 bits per heavy atom. The SMILES string of the molecule is CCOC(=O)[C@H]1C[C@@H]1c1nc(-c2cncc(/C=C/c3ccc(C)cc3)c2)ccc1OC. The van der Waals surface area contributed by atoms with Crippen LogP contribution in [0.4, 0.5) is 0 Å². The zero-order valence-electron chi connectivity index (χ0n) is 18.0. The second-order valence-electron chi connectivity index (χ2n) is 7.74. The van der Waals surface area contributed by atoms with Gasteiger partial charge in [0, 0.05) is 23.9 Å². The summed E-state index contributed by atoms with van der Waals surface area (Å²) in [6.45, 7) is 4.29. The van der Waals surface area contributed by atoms with E-state index in [2.05, 4.69) is 48.3 Å². The number of hydrogen-bond donors (Lipinski definition) is 0. The summed E-state index contributed by atoms with van der Waals surface area (Å²) in [4.78, 5) is 21.3. The second-order valence-corrected chi connectivity index (χ2v) is 7.74. The van der Waals surface area contributed by atoms with E-state index >= 15 is 0 Å². The van der Waals surface area contributed by atoms with Crippen LogP contribution in [0.1, 0.15) is 41.6 Å². The van der Waals surface area contributed by atoms with Gasteiger partial charge in [-0.25, -0.2) is 4.98 Å². The lowest BCUT2D eigenvalue weighted by Crippen LogP contribution is -2.08. The van der Waals surface area contributed by atoms with Gasteiger partial charge in [0.05, 0.1) is 31.0 Å². The molecule has 2 atom stereocenters. The molecular formula is C26H26N2O3. The third kappa shape index (κ3) is 4.82. The Bertz CT molecular complexity index is 1110. The molecule has 0 bridgehead atoms. The van der Waals surface area contributed by atoms with E-state index in [9.17, 15) is 4.79 Å². The van der Waals surface area contributed by atoms with Crippen molar-refractivity contribution in [3.05, 3.63) is 77.2 Å². The van der Waals surface area contributed by atoms with E-state index in [-0.39, 0.29) is 17.8 Å². The molecule has 5 heteroatoms. The van der Waals surface area contributed by atoms with Gasteiger partial charge in [0.2, 0.25) is 0 Å². The fraction of sp³-hybridized carbons (Fsp3) is 0.269. The fourth-order valence-corrected chi connectivity index (χ4v) is 3.63. The molecule has 0 amide bonds. The average molecular weight is 415 g/mol. The van der Waals surface area contributed by atoms with Crippen molar-refractivity contribution in [2.24, 2.45) is 5.92 Å². The number of nitrogens with zero attached hydrogens (tertiary/aromatic N) is 2. The summed E-state index contributed by atoms with van der Waals surface area (Å²) in [5, 5.41) is 0. The largest absolute Gasteiger partial charge is 0.495 e. The van der Waals surface area contributed by atoms with Gasteiger partial charge in [-0.05, 0) is 49.6 Å². The zero-order valence-corrected chi connectivity index (χ0v) is 18.0. The van der Waals surface area contributed by atoms with Gasteiger partial charge >= 0.3 is 5.97 Å². The van der Waals surface area contributed by atoms with E-state index in [1.165, 1.54) is 5.56 Å². The summed E-state index contributed by atoms with van der Waals surface area (Å²) in [5.74, 6) is 0.431. The van der Waals surface area contributed by atoms with Gasteiger partial charge in [0.15, 0.2) is 0 Å². The molecule has 2 heterocycles. The summed E-state index contributed by atoms with van der Waals surface area (Å²) in [5.41, 5.74) is 5.90. The van der Waals surface area contributed by atoms with Crippen LogP contribution in [0, 0.1) is 12.8 Å². The van der Waals surface area contributed by atoms with E-state index in [0.717, 1.165) is 34.5 Å². The molecule has 4 rings (SSSR count). The molecule has 2 aromatic heterocycles. The lowest BCUT2D eigenvalue weighted by Gasteiger charge is -2.10. The molecule has 1 aliphatic rings. The fourth-order valence-electron chi connectivity index (χ4n) is 3.63. The van der Waals surface area contributed by atoms with Crippen LogP contribution in [0.5, 0.6) is 5.75 Å². The number of methoxy groups -OCH3 is 1. The van der Waals surface area contributed by atoms with Crippen molar-refractivity contribution in [2.45, 2.75) is 26.2 Å². The molecule has 1 aromatic carbocycles. The Morgan fingerprint density at radius 2 is 1.87 bits per heavy atom. The third-order valence-electron chi connectivity index (χ3n) is 5.44. The van der Waals surface area contributed by atoms with Gasteiger partial charge in [0.1, 0.15) is 5.75 Å². The Labute approximate surface area is 182 Å². The van der Waals surface area contributed by atoms with Crippen LogP contribution in [0.3, 0.4) is 0 Å². The highest BCUT2D eigenvalue weighted by molar-refractivity contribution is 5.78. The predicted molar refractivity (Wildman–Crippen MR) is 122 cm³/mol. The number of aromatic nitrogens is 2. The lowest BCUT2D eigenvalue weighted by molar-refractivity contribution is -0.144. The minimum absolute atomic E-state index is 0.0338. The first kappa shape index (κ1) is 20.8. The summed E-state index contributed by atoms with van der Waals surface area (Å²) < 4.78 is 10.7. The first-order chi connectivity index (χ1) is 15.1.